The lowest BCUT2D eigenvalue weighted by Gasteiger charge is -2.17. The topological polar surface area (TPSA) is 80.5 Å². The minimum atomic E-state index is -3.54. The molecule has 104 valence electrons. The van der Waals surface area contributed by atoms with E-state index in [1.165, 1.54) is 0 Å². The quantitative estimate of drug-likeness (QED) is 0.898. The number of anilines is 1. The van der Waals surface area contributed by atoms with Crippen LogP contribution in [-0.2, 0) is 14.8 Å². The fourth-order valence-electron chi connectivity index (χ4n) is 2.22. The van der Waals surface area contributed by atoms with Gasteiger partial charge in [0, 0.05) is 29.0 Å². The molecule has 0 aliphatic carbocycles. The molecule has 1 aliphatic rings. The summed E-state index contributed by atoms with van der Waals surface area (Å²) in [6.07, 6.45) is 0.224. The molecule has 0 saturated carbocycles. The highest BCUT2D eigenvalue weighted by atomic mass is 79.9. The zero-order chi connectivity index (χ0) is 14.2. The van der Waals surface area contributed by atoms with E-state index < -0.39 is 10.0 Å². The highest BCUT2D eigenvalue weighted by Gasteiger charge is 2.32. The second kappa shape index (κ2) is 5.22. The van der Waals surface area contributed by atoms with Crippen LogP contribution in [0.5, 0.6) is 0 Å². The van der Waals surface area contributed by atoms with E-state index in [2.05, 4.69) is 15.9 Å². The number of hydrogen-bond donors (Lipinski definition) is 1. The second-order valence-corrected chi connectivity index (χ2v) is 7.35. The van der Waals surface area contributed by atoms with Crippen molar-refractivity contribution in [2.45, 2.75) is 13.3 Å². The zero-order valence-electron chi connectivity index (χ0n) is 10.5. The van der Waals surface area contributed by atoms with Crippen LogP contribution in [0.4, 0.5) is 5.69 Å². The van der Waals surface area contributed by atoms with E-state index in [1.807, 2.05) is 25.1 Å². The third-order valence-corrected chi connectivity index (χ3v) is 4.93. The van der Waals surface area contributed by atoms with Crippen LogP contribution in [0.15, 0.2) is 22.7 Å². The van der Waals surface area contributed by atoms with Crippen molar-refractivity contribution in [1.29, 1.82) is 0 Å². The number of primary sulfonamides is 1. The molecule has 1 heterocycles. The molecule has 7 heteroatoms. The summed E-state index contributed by atoms with van der Waals surface area (Å²) in [5.41, 5.74) is 1.86. The normalized spacial score (nSPS) is 20.1. The first-order valence-electron chi connectivity index (χ1n) is 5.83. The number of rotatable bonds is 3. The first-order valence-corrected chi connectivity index (χ1v) is 8.34. The molecule has 0 aromatic heterocycles. The Kier molecular flexibility index (Phi) is 3.98. The van der Waals surface area contributed by atoms with Gasteiger partial charge in [0.15, 0.2) is 0 Å². The molecule has 2 N–H and O–H groups in total. The molecule has 1 aromatic rings. The lowest BCUT2D eigenvalue weighted by atomic mass is 10.1. The first-order chi connectivity index (χ1) is 8.76. The Hall–Kier alpha value is -0.920. The van der Waals surface area contributed by atoms with Crippen LogP contribution in [0.2, 0.25) is 0 Å². The van der Waals surface area contributed by atoms with Crippen LogP contribution in [0.25, 0.3) is 0 Å². The maximum atomic E-state index is 11.9. The summed E-state index contributed by atoms with van der Waals surface area (Å²) in [5.74, 6) is -0.450. The van der Waals surface area contributed by atoms with Gasteiger partial charge >= 0.3 is 0 Å². The van der Waals surface area contributed by atoms with Gasteiger partial charge in [-0.25, -0.2) is 13.6 Å². The van der Waals surface area contributed by atoms with E-state index in [4.69, 9.17) is 5.14 Å². The van der Waals surface area contributed by atoms with Gasteiger partial charge in [0.25, 0.3) is 0 Å². The Morgan fingerprint density at radius 1 is 1.47 bits per heavy atom. The third kappa shape index (κ3) is 3.55. The SMILES string of the molecule is Cc1ccc(N2CC(CS(N)(=O)=O)CC2=O)cc1Br. The van der Waals surface area contributed by atoms with Crippen LogP contribution in [0.1, 0.15) is 12.0 Å². The van der Waals surface area contributed by atoms with Gasteiger partial charge in [-0.2, -0.15) is 0 Å². The highest BCUT2D eigenvalue weighted by Crippen LogP contribution is 2.29. The zero-order valence-corrected chi connectivity index (χ0v) is 12.9. The molecule has 1 amide bonds. The number of aryl methyl sites for hydroxylation is 1. The summed E-state index contributed by atoms with van der Waals surface area (Å²) in [6.45, 7) is 2.36. The van der Waals surface area contributed by atoms with Crippen LogP contribution in [0.3, 0.4) is 0 Å². The van der Waals surface area contributed by atoms with E-state index in [1.54, 1.807) is 4.90 Å². The Labute approximate surface area is 121 Å². The largest absolute Gasteiger partial charge is 0.312 e. The molecule has 1 fully saturated rings. The number of hydrogen-bond acceptors (Lipinski definition) is 3. The van der Waals surface area contributed by atoms with Crippen LogP contribution >= 0.6 is 15.9 Å². The van der Waals surface area contributed by atoms with Crippen molar-refractivity contribution in [2.24, 2.45) is 11.1 Å². The number of halogens is 1. The molecule has 1 aromatic carbocycles. The van der Waals surface area contributed by atoms with E-state index >= 15 is 0 Å². The molecule has 1 aliphatic heterocycles. The van der Waals surface area contributed by atoms with Crippen molar-refractivity contribution in [2.75, 3.05) is 17.2 Å². The standard InChI is InChI=1S/C12H15BrN2O3S/c1-8-2-3-10(5-11(8)13)15-6-9(4-12(15)16)7-19(14,17)18/h2-3,5,9H,4,6-7H2,1H3,(H2,14,17,18). The van der Waals surface area contributed by atoms with Gasteiger partial charge in [-0.3, -0.25) is 4.79 Å². The van der Waals surface area contributed by atoms with E-state index in [9.17, 15) is 13.2 Å². The van der Waals surface area contributed by atoms with Crippen LogP contribution in [0, 0.1) is 12.8 Å². The summed E-state index contributed by atoms with van der Waals surface area (Å²) in [4.78, 5) is 13.6. The van der Waals surface area contributed by atoms with Crippen molar-refractivity contribution in [3.05, 3.63) is 28.2 Å². The van der Waals surface area contributed by atoms with Gasteiger partial charge in [0.05, 0.1) is 5.75 Å². The Morgan fingerprint density at radius 3 is 2.74 bits per heavy atom. The number of carbonyl (C=O) groups excluding carboxylic acids is 1. The molecular weight excluding hydrogens is 332 g/mol. The predicted molar refractivity (Wildman–Crippen MR) is 77.3 cm³/mol. The third-order valence-electron chi connectivity index (χ3n) is 3.14. The number of nitrogens with two attached hydrogens (primary N) is 1. The molecule has 1 atom stereocenters. The van der Waals surface area contributed by atoms with Crippen LogP contribution in [-0.4, -0.2) is 26.6 Å². The molecule has 0 radical (unpaired) electrons. The molecular formula is C12H15BrN2O3S. The summed E-state index contributed by atoms with van der Waals surface area (Å²) in [7, 11) is -3.54. The van der Waals surface area contributed by atoms with Gasteiger partial charge in [0.1, 0.15) is 0 Å². The lowest BCUT2D eigenvalue weighted by molar-refractivity contribution is -0.117. The maximum absolute atomic E-state index is 11.9. The van der Waals surface area contributed by atoms with Crippen molar-refractivity contribution < 1.29 is 13.2 Å². The Morgan fingerprint density at radius 2 is 2.16 bits per heavy atom. The molecule has 2 rings (SSSR count). The molecule has 1 unspecified atom stereocenters. The maximum Gasteiger partial charge on any atom is 0.227 e. The monoisotopic (exact) mass is 346 g/mol. The summed E-state index contributed by atoms with van der Waals surface area (Å²) < 4.78 is 23.1. The average Bonchev–Trinajstić information content (AvgIpc) is 2.61. The molecule has 19 heavy (non-hydrogen) atoms. The smallest absolute Gasteiger partial charge is 0.227 e. The van der Waals surface area contributed by atoms with Gasteiger partial charge < -0.3 is 4.90 Å². The Bertz CT molecular complexity index is 615. The number of sulfonamides is 1. The number of benzene rings is 1. The second-order valence-electron chi connectivity index (χ2n) is 4.84. The lowest BCUT2D eigenvalue weighted by Crippen LogP contribution is -2.27. The summed E-state index contributed by atoms with van der Waals surface area (Å²) in [5, 5.41) is 5.02. The van der Waals surface area contributed by atoms with Crippen molar-refractivity contribution in [3.63, 3.8) is 0 Å². The van der Waals surface area contributed by atoms with Gasteiger partial charge in [0.2, 0.25) is 15.9 Å². The number of amides is 1. The van der Waals surface area contributed by atoms with Gasteiger partial charge in [-0.15, -0.1) is 0 Å². The first kappa shape index (κ1) is 14.5. The molecule has 0 bridgehead atoms. The predicted octanol–water partition coefficient (Wildman–Crippen LogP) is 1.40. The summed E-state index contributed by atoms with van der Waals surface area (Å²) >= 11 is 3.42. The van der Waals surface area contributed by atoms with Crippen molar-refractivity contribution in [1.82, 2.24) is 0 Å². The summed E-state index contributed by atoms with van der Waals surface area (Å²) in [6, 6.07) is 5.64. The highest BCUT2D eigenvalue weighted by molar-refractivity contribution is 9.10. The van der Waals surface area contributed by atoms with E-state index in [-0.39, 0.29) is 24.0 Å². The average molecular weight is 347 g/mol. The van der Waals surface area contributed by atoms with Crippen molar-refractivity contribution in [3.8, 4) is 0 Å². The van der Waals surface area contributed by atoms with E-state index in [0.717, 1.165) is 15.7 Å². The minimum Gasteiger partial charge on any atom is -0.312 e. The molecule has 0 spiro atoms. The molecule has 1 saturated heterocycles. The van der Waals surface area contributed by atoms with Crippen LogP contribution < -0.4 is 10.0 Å². The number of nitrogens with zero attached hydrogens (tertiary/aromatic N) is 1. The fraction of sp³-hybridized carbons (Fsp3) is 0.417. The van der Waals surface area contributed by atoms with E-state index in [0.29, 0.717) is 6.54 Å². The Balaban J connectivity index is 2.18. The van der Waals surface area contributed by atoms with Crippen molar-refractivity contribution >= 4 is 37.5 Å². The fourth-order valence-corrected chi connectivity index (χ4v) is 3.47. The van der Waals surface area contributed by atoms with Gasteiger partial charge in [-0.05, 0) is 24.6 Å². The van der Waals surface area contributed by atoms with Gasteiger partial charge in [-0.1, -0.05) is 22.0 Å². The minimum absolute atomic E-state index is 0.0654. The number of carbonyl (C=O) groups is 1. The molecule has 5 nitrogen and oxygen atoms in total.